The topological polar surface area (TPSA) is 91.2 Å². The van der Waals surface area contributed by atoms with Gasteiger partial charge in [0, 0.05) is 13.0 Å². The highest BCUT2D eigenvalue weighted by Gasteiger charge is 2.35. The summed E-state index contributed by atoms with van der Waals surface area (Å²) in [5.74, 6) is 1.37. The summed E-state index contributed by atoms with van der Waals surface area (Å²) in [4.78, 5) is 35.0. The fourth-order valence-corrected chi connectivity index (χ4v) is 3.83. The standard InChI is InChI=1S/C22H26N4O3/c1-14(2)10-19(21-23-17-7-3-4-8-18(17)24-21)25-22(28)15-11-20(27)26(12-15)13-16-6-5-9-29-16/h3-9,14-15,19H,10-13H2,1-2H3,(H,23,24)(H,25,28). The van der Waals surface area contributed by atoms with Crippen molar-refractivity contribution in [1.82, 2.24) is 20.2 Å². The highest BCUT2D eigenvalue weighted by molar-refractivity contribution is 5.89. The number of likely N-dealkylation sites (tertiary alicyclic amines) is 1. The van der Waals surface area contributed by atoms with Gasteiger partial charge in [0.1, 0.15) is 11.6 Å². The molecule has 3 aromatic rings. The first kappa shape index (κ1) is 19.2. The normalized spacial score (nSPS) is 18.0. The smallest absolute Gasteiger partial charge is 0.226 e. The van der Waals surface area contributed by atoms with E-state index in [1.807, 2.05) is 30.3 Å². The summed E-state index contributed by atoms with van der Waals surface area (Å²) in [6.07, 6.45) is 2.58. The Morgan fingerprint density at radius 2 is 2.14 bits per heavy atom. The number of nitrogens with one attached hydrogen (secondary N) is 2. The summed E-state index contributed by atoms with van der Waals surface area (Å²) < 4.78 is 5.33. The summed E-state index contributed by atoms with van der Waals surface area (Å²) >= 11 is 0. The fraction of sp³-hybridized carbons (Fsp3) is 0.409. The van der Waals surface area contributed by atoms with Gasteiger partial charge in [-0.1, -0.05) is 26.0 Å². The third kappa shape index (κ3) is 4.34. The van der Waals surface area contributed by atoms with Crippen LogP contribution >= 0.6 is 0 Å². The summed E-state index contributed by atoms with van der Waals surface area (Å²) in [5, 5.41) is 3.13. The quantitative estimate of drug-likeness (QED) is 0.642. The zero-order chi connectivity index (χ0) is 20.4. The van der Waals surface area contributed by atoms with Crippen molar-refractivity contribution in [3.8, 4) is 0 Å². The molecule has 7 nitrogen and oxygen atoms in total. The van der Waals surface area contributed by atoms with Gasteiger partial charge in [-0.05, 0) is 36.6 Å². The van der Waals surface area contributed by atoms with E-state index in [0.717, 1.165) is 29.0 Å². The number of imidazole rings is 1. The number of furan rings is 1. The highest BCUT2D eigenvalue weighted by Crippen LogP contribution is 2.25. The van der Waals surface area contributed by atoms with Crippen LogP contribution in [0.1, 0.15) is 44.3 Å². The van der Waals surface area contributed by atoms with E-state index in [4.69, 9.17) is 4.42 Å². The molecule has 1 aromatic carbocycles. The average Bonchev–Trinajstić information content (AvgIpc) is 3.41. The maximum absolute atomic E-state index is 13.0. The molecule has 2 aromatic heterocycles. The molecule has 0 radical (unpaired) electrons. The Bertz CT molecular complexity index is 960. The minimum atomic E-state index is -0.364. The maximum atomic E-state index is 13.0. The number of aromatic amines is 1. The number of nitrogens with zero attached hydrogens (tertiary/aromatic N) is 2. The summed E-state index contributed by atoms with van der Waals surface area (Å²) in [7, 11) is 0. The Labute approximate surface area is 169 Å². The highest BCUT2D eigenvalue weighted by atomic mass is 16.3. The molecule has 0 saturated carbocycles. The third-order valence-electron chi connectivity index (χ3n) is 5.27. The molecule has 1 aliphatic heterocycles. The molecule has 29 heavy (non-hydrogen) atoms. The first-order valence-electron chi connectivity index (χ1n) is 10.0. The van der Waals surface area contributed by atoms with Gasteiger partial charge in [0.15, 0.2) is 0 Å². The summed E-state index contributed by atoms with van der Waals surface area (Å²) in [5.41, 5.74) is 1.83. The molecular formula is C22H26N4O3. The predicted octanol–water partition coefficient (Wildman–Crippen LogP) is 3.41. The van der Waals surface area contributed by atoms with Crippen molar-refractivity contribution in [2.75, 3.05) is 6.54 Å². The van der Waals surface area contributed by atoms with Crippen LogP contribution in [0.3, 0.4) is 0 Å². The van der Waals surface area contributed by atoms with Crippen molar-refractivity contribution >= 4 is 22.8 Å². The van der Waals surface area contributed by atoms with E-state index in [1.165, 1.54) is 0 Å². The average molecular weight is 394 g/mol. The Balaban J connectivity index is 1.46. The Kier molecular flexibility index (Phi) is 5.38. The first-order valence-corrected chi connectivity index (χ1v) is 10.0. The largest absolute Gasteiger partial charge is 0.467 e. The molecule has 2 amide bonds. The lowest BCUT2D eigenvalue weighted by atomic mass is 10.0. The third-order valence-corrected chi connectivity index (χ3v) is 5.27. The summed E-state index contributed by atoms with van der Waals surface area (Å²) in [6, 6.07) is 11.2. The number of carbonyl (C=O) groups excluding carboxylic acids is 2. The van der Waals surface area contributed by atoms with Gasteiger partial charge in [0.25, 0.3) is 0 Å². The molecule has 1 fully saturated rings. The number of hydrogen-bond acceptors (Lipinski definition) is 4. The van der Waals surface area contributed by atoms with E-state index in [-0.39, 0.29) is 30.2 Å². The van der Waals surface area contributed by atoms with Gasteiger partial charge in [-0.15, -0.1) is 0 Å². The van der Waals surface area contributed by atoms with Crippen LogP contribution in [0.4, 0.5) is 0 Å². The Morgan fingerprint density at radius 1 is 1.31 bits per heavy atom. The predicted molar refractivity (Wildman–Crippen MR) is 109 cm³/mol. The number of fused-ring (bicyclic) bond motifs is 1. The number of amides is 2. The monoisotopic (exact) mass is 394 g/mol. The van der Waals surface area contributed by atoms with Crippen LogP contribution in [-0.4, -0.2) is 33.2 Å². The van der Waals surface area contributed by atoms with Gasteiger partial charge in [-0.3, -0.25) is 9.59 Å². The molecule has 2 unspecified atom stereocenters. The molecule has 4 rings (SSSR count). The number of aromatic nitrogens is 2. The first-order chi connectivity index (χ1) is 14.0. The second-order valence-electron chi connectivity index (χ2n) is 8.08. The SMILES string of the molecule is CC(C)CC(NC(=O)C1CC(=O)N(Cc2ccco2)C1)c1nc2ccccc2[nH]1. The van der Waals surface area contributed by atoms with Gasteiger partial charge in [0.05, 0.1) is 35.8 Å². The van der Waals surface area contributed by atoms with Crippen LogP contribution < -0.4 is 5.32 Å². The lowest BCUT2D eigenvalue weighted by molar-refractivity contribution is -0.129. The Morgan fingerprint density at radius 3 is 2.86 bits per heavy atom. The molecule has 0 bridgehead atoms. The summed E-state index contributed by atoms with van der Waals surface area (Å²) in [6.45, 7) is 5.03. The van der Waals surface area contributed by atoms with Crippen LogP contribution in [0.25, 0.3) is 11.0 Å². The molecule has 1 aliphatic rings. The van der Waals surface area contributed by atoms with Crippen LogP contribution in [-0.2, 0) is 16.1 Å². The number of carbonyl (C=O) groups is 2. The molecular weight excluding hydrogens is 368 g/mol. The van der Waals surface area contributed by atoms with Crippen LogP contribution in [0.2, 0.25) is 0 Å². The minimum Gasteiger partial charge on any atom is -0.467 e. The molecule has 0 aliphatic carbocycles. The molecule has 3 heterocycles. The minimum absolute atomic E-state index is 0.0225. The van der Waals surface area contributed by atoms with Crippen LogP contribution in [0.15, 0.2) is 47.1 Å². The van der Waals surface area contributed by atoms with E-state index in [1.54, 1.807) is 17.2 Å². The fourth-order valence-electron chi connectivity index (χ4n) is 3.83. The van der Waals surface area contributed by atoms with Crippen LogP contribution in [0, 0.1) is 11.8 Å². The van der Waals surface area contributed by atoms with Crippen molar-refractivity contribution in [1.29, 1.82) is 0 Å². The van der Waals surface area contributed by atoms with E-state index in [0.29, 0.717) is 19.0 Å². The Hall–Kier alpha value is -3.09. The van der Waals surface area contributed by atoms with Gasteiger partial charge in [-0.2, -0.15) is 0 Å². The lowest BCUT2D eigenvalue weighted by Gasteiger charge is -2.21. The van der Waals surface area contributed by atoms with Crippen molar-refractivity contribution in [2.45, 2.75) is 39.3 Å². The number of rotatable bonds is 7. The number of benzene rings is 1. The van der Waals surface area contributed by atoms with Gasteiger partial charge in [0.2, 0.25) is 11.8 Å². The van der Waals surface area contributed by atoms with E-state index >= 15 is 0 Å². The number of hydrogen-bond donors (Lipinski definition) is 2. The van der Waals surface area contributed by atoms with E-state index < -0.39 is 0 Å². The molecule has 152 valence electrons. The lowest BCUT2D eigenvalue weighted by Crippen LogP contribution is -2.36. The number of para-hydroxylation sites is 2. The van der Waals surface area contributed by atoms with E-state index in [2.05, 4.69) is 29.1 Å². The van der Waals surface area contributed by atoms with E-state index in [9.17, 15) is 9.59 Å². The molecule has 7 heteroatoms. The molecule has 2 atom stereocenters. The van der Waals surface area contributed by atoms with Gasteiger partial charge >= 0.3 is 0 Å². The van der Waals surface area contributed by atoms with Crippen LogP contribution in [0.5, 0.6) is 0 Å². The zero-order valence-corrected chi connectivity index (χ0v) is 16.7. The van der Waals surface area contributed by atoms with Crippen molar-refractivity contribution < 1.29 is 14.0 Å². The maximum Gasteiger partial charge on any atom is 0.226 e. The second-order valence-corrected chi connectivity index (χ2v) is 8.08. The van der Waals surface area contributed by atoms with Crippen molar-refractivity contribution in [2.24, 2.45) is 11.8 Å². The van der Waals surface area contributed by atoms with Gasteiger partial charge < -0.3 is 19.6 Å². The molecule has 2 N–H and O–H groups in total. The van der Waals surface area contributed by atoms with Gasteiger partial charge in [-0.25, -0.2) is 4.98 Å². The van der Waals surface area contributed by atoms with Crippen molar-refractivity contribution in [3.63, 3.8) is 0 Å². The number of H-pyrrole nitrogens is 1. The zero-order valence-electron chi connectivity index (χ0n) is 16.7. The molecule has 1 saturated heterocycles. The molecule has 0 spiro atoms. The van der Waals surface area contributed by atoms with Crippen molar-refractivity contribution in [3.05, 3.63) is 54.2 Å². The second kappa shape index (κ2) is 8.11.